The summed E-state index contributed by atoms with van der Waals surface area (Å²) < 4.78 is 46.3. The molecule has 1 heterocycles. The van der Waals surface area contributed by atoms with Crippen molar-refractivity contribution in [1.29, 1.82) is 0 Å². The first kappa shape index (κ1) is 17.9. The van der Waals surface area contributed by atoms with Gasteiger partial charge in [0.2, 0.25) is 0 Å². The molecular formula is C18H18F3N3O2. The van der Waals surface area contributed by atoms with Gasteiger partial charge in [0.1, 0.15) is 11.5 Å². The first-order valence-electron chi connectivity index (χ1n) is 8.05. The van der Waals surface area contributed by atoms with Crippen LogP contribution >= 0.6 is 0 Å². The van der Waals surface area contributed by atoms with Gasteiger partial charge in [-0.2, -0.15) is 0 Å². The number of ether oxygens (including phenoxy) is 2. The normalized spacial score (nSPS) is 17.2. The highest BCUT2D eigenvalue weighted by atomic mass is 19.4. The Morgan fingerprint density at radius 3 is 2.85 bits per heavy atom. The Morgan fingerprint density at radius 1 is 1.23 bits per heavy atom. The number of nitrogens with one attached hydrogen (secondary N) is 1. The fourth-order valence-electron chi connectivity index (χ4n) is 2.77. The van der Waals surface area contributed by atoms with Crippen molar-refractivity contribution in [2.75, 3.05) is 18.5 Å². The maximum atomic E-state index is 12.3. The minimum atomic E-state index is -4.74. The molecule has 3 rings (SSSR count). The molecule has 3 N–H and O–H groups in total. The van der Waals surface area contributed by atoms with Crippen molar-refractivity contribution in [2.24, 2.45) is 10.7 Å². The van der Waals surface area contributed by atoms with Gasteiger partial charge in [-0.1, -0.05) is 24.3 Å². The van der Waals surface area contributed by atoms with Gasteiger partial charge >= 0.3 is 6.36 Å². The maximum Gasteiger partial charge on any atom is 0.573 e. The number of fused-ring (bicyclic) bond motifs is 1. The van der Waals surface area contributed by atoms with Crippen molar-refractivity contribution in [3.05, 3.63) is 54.1 Å². The largest absolute Gasteiger partial charge is 0.573 e. The van der Waals surface area contributed by atoms with Gasteiger partial charge in [-0.05, 0) is 30.2 Å². The van der Waals surface area contributed by atoms with Crippen LogP contribution in [0.4, 0.5) is 18.9 Å². The summed E-state index contributed by atoms with van der Waals surface area (Å²) in [4.78, 5) is 4.31. The lowest BCUT2D eigenvalue weighted by atomic mass is 9.93. The standard InChI is InChI=1S/C18H18F3N3O2/c19-18(20,21)26-14-5-3-4-13(10-14)24-17(22)23-11-12-8-9-25-16-7-2-1-6-15(12)16/h1-7,10,12H,8-9,11H2,(H3,22,23,24). The molecule has 5 nitrogen and oxygen atoms in total. The Bertz CT molecular complexity index is 793. The molecule has 1 aliphatic heterocycles. The zero-order valence-electron chi connectivity index (χ0n) is 13.8. The van der Waals surface area contributed by atoms with E-state index in [2.05, 4.69) is 15.0 Å². The summed E-state index contributed by atoms with van der Waals surface area (Å²) in [5, 5.41) is 2.78. The number of aliphatic imine (C=N–C) groups is 1. The third kappa shape index (κ3) is 4.81. The number of hydrogen-bond donors (Lipinski definition) is 2. The van der Waals surface area contributed by atoms with Crippen LogP contribution in [0.5, 0.6) is 11.5 Å². The van der Waals surface area contributed by atoms with Crippen molar-refractivity contribution in [2.45, 2.75) is 18.7 Å². The molecular weight excluding hydrogens is 347 g/mol. The summed E-state index contributed by atoms with van der Waals surface area (Å²) in [6.07, 6.45) is -3.92. The molecule has 0 fully saturated rings. The number of halogens is 3. The van der Waals surface area contributed by atoms with Gasteiger partial charge in [-0.3, -0.25) is 4.99 Å². The molecule has 0 spiro atoms. The maximum absolute atomic E-state index is 12.3. The van der Waals surface area contributed by atoms with Gasteiger partial charge < -0.3 is 20.5 Å². The van der Waals surface area contributed by atoms with Crippen LogP contribution in [-0.2, 0) is 0 Å². The Balaban J connectivity index is 1.64. The van der Waals surface area contributed by atoms with Crippen LogP contribution in [0.15, 0.2) is 53.5 Å². The average molecular weight is 365 g/mol. The van der Waals surface area contributed by atoms with Crippen molar-refractivity contribution in [1.82, 2.24) is 0 Å². The van der Waals surface area contributed by atoms with E-state index in [1.807, 2.05) is 24.3 Å². The van der Waals surface area contributed by atoms with E-state index in [1.165, 1.54) is 18.2 Å². The van der Waals surface area contributed by atoms with E-state index in [1.54, 1.807) is 6.07 Å². The third-order valence-electron chi connectivity index (χ3n) is 3.90. The molecule has 0 aromatic heterocycles. The summed E-state index contributed by atoms with van der Waals surface area (Å²) in [5.74, 6) is 0.828. The molecule has 1 atom stereocenters. The molecule has 2 aromatic rings. The van der Waals surface area contributed by atoms with Crippen LogP contribution in [0.3, 0.4) is 0 Å². The molecule has 1 unspecified atom stereocenters. The van der Waals surface area contributed by atoms with Gasteiger partial charge in [0.15, 0.2) is 5.96 Å². The first-order valence-corrected chi connectivity index (χ1v) is 8.05. The zero-order chi connectivity index (χ0) is 18.6. The van der Waals surface area contributed by atoms with E-state index >= 15 is 0 Å². The van der Waals surface area contributed by atoms with Crippen molar-refractivity contribution >= 4 is 11.6 Å². The van der Waals surface area contributed by atoms with Gasteiger partial charge in [0.25, 0.3) is 0 Å². The minimum Gasteiger partial charge on any atom is -0.493 e. The van der Waals surface area contributed by atoms with Gasteiger partial charge in [0, 0.05) is 24.2 Å². The SMILES string of the molecule is NC(=NCC1CCOc2ccccc21)Nc1cccc(OC(F)(F)F)c1. The van der Waals surface area contributed by atoms with Crippen LogP contribution in [0.25, 0.3) is 0 Å². The lowest BCUT2D eigenvalue weighted by Crippen LogP contribution is -2.25. The number of rotatable bonds is 4. The van der Waals surface area contributed by atoms with E-state index in [0.717, 1.165) is 17.7 Å². The zero-order valence-corrected chi connectivity index (χ0v) is 13.8. The fraction of sp³-hybridized carbons (Fsp3) is 0.278. The van der Waals surface area contributed by atoms with Crippen LogP contribution in [-0.4, -0.2) is 25.5 Å². The molecule has 0 amide bonds. The summed E-state index contributed by atoms with van der Waals surface area (Å²) >= 11 is 0. The highest BCUT2D eigenvalue weighted by molar-refractivity contribution is 5.92. The number of nitrogens with zero attached hydrogens (tertiary/aromatic N) is 1. The van der Waals surface area contributed by atoms with Crippen LogP contribution in [0.2, 0.25) is 0 Å². The van der Waals surface area contributed by atoms with Gasteiger partial charge in [-0.15, -0.1) is 13.2 Å². The summed E-state index contributed by atoms with van der Waals surface area (Å²) in [5.41, 5.74) is 7.31. The third-order valence-corrected chi connectivity index (χ3v) is 3.90. The molecule has 0 radical (unpaired) electrons. The molecule has 26 heavy (non-hydrogen) atoms. The van der Waals surface area contributed by atoms with Crippen LogP contribution in [0.1, 0.15) is 17.9 Å². The molecule has 8 heteroatoms. The Hall–Kier alpha value is -2.90. The lowest BCUT2D eigenvalue weighted by Gasteiger charge is -2.24. The minimum absolute atomic E-state index is 0.123. The van der Waals surface area contributed by atoms with Gasteiger partial charge in [0.05, 0.1) is 6.61 Å². The monoisotopic (exact) mass is 365 g/mol. The van der Waals surface area contributed by atoms with Crippen molar-refractivity contribution in [3.8, 4) is 11.5 Å². The topological polar surface area (TPSA) is 68.9 Å². The Labute approximate surface area is 148 Å². The predicted molar refractivity (Wildman–Crippen MR) is 92.5 cm³/mol. The first-order chi connectivity index (χ1) is 12.4. The highest BCUT2D eigenvalue weighted by Crippen LogP contribution is 2.33. The second kappa shape index (κ2) is 7.55. The number of hydrogen-bond acceptors (Lipinski definition) is 3. The average Bonchev–Trinajstić information content (AvgIpc) is 2.59. The number of benzene rings is 2. The van der Waals surface area contributed by atoms with Crippen molar-refractivity contribution < 1.29 is 22.6 Å². The molecule has 0 saturated carbocycles. The van der Waals surface area contributed by atoms with E-state index in [4.69, 9.17) is 10.5 Å². The van der Waals surface area contributed by atoms with E-state index in [0.29, 0.717) is 18.8 Å². The molecule has 138 valence electrons. The highest BCUT2D eigenvalue weighted by Gasteiger charge is 2.31. The van der Waals surface area contributed by atoms with E-state index in [-0.39, 0.29) is 17.6 Å². The molecule has 2 aromatic carbocycles. The summed E-state index contributed by atoms with van der Waals surface area (Å²) in [7, 11) is 0. The quantitative estimate of drug-likeness (QED) is 0.637. The second-order valence-electron chi connectivity index (χ2n) is 5.80. The number of alkyl halides is 3. The molecule has 0 aliphatic carbocycles. The van der Waals surface area contributed by atoms with Crippen LogP contribution in [0, 0.1) is 0 Å². The summed E-state index contributed by atoms with van der Waals surface area (Å²) in [6, 6.07) is 13.2. The molecule has 1 aliphatic rings. The molecule has 0 saturated heterocycles. The number of guanidine groups is 1. The van der Waals surface area contributed by atoms with Crippen molar-refractivity contribution in [3.63, 3.8) is 0 Å². The predicted octanol–water partition coefficient (Wildman–Crippen LogP) is 3.88. The molecule has 0 bridgehead atoms. The van der Waals surface area contributed by atoms with Gasteiger partial charge in [-0.25, -0.2) is 0 Å². The second-order valence-corrected chi connectivity index (χ2v) is 5.80. The van der Waals surface area contributed by atoms with Crippen LogP contribution < -0.4 is 20.5 Å². The van der Waals surface area contributed by atoms with E-state index < -0.39 is 6.36 Å². The number of anilines is 1. The Kier molecular flexibility index (Phi) is 5.20. The summed E-state index contributed by atoms with van der Waals surface area (Å²) in [6.45, 7) is 1.07. The number of para-hydroxylation sites is 1. The smallest absolute Gasteiger partial charge is 0.493 e. The Morgan fingerprint density at radius 2 is 2.04 bits per heavy atom. The van der Waals surface area contributed by atoms with E-state index in [9.17, 15) is 13.2 Å². The fourth-order valence-corrected chi connectivity index (χ4v) is 2.77. The number of nitrogens with two attached hydrogens (primary N) is 1. The lowest BCUT2D eigenvalue weighted by molar-refractivity contribution is -0.274.